The van der Waals surface area contributed by atoms with Gasteiger partial charge in [0.05, 0.1) is 0 Å². The zero-order valence-corrected chi connectivity index (χ0v) is 12.2. The fourth-order valence-electron chi connectivity index (χ4n) is 2.10. The van der Waals surface area contributed by atoms with Gasteiger partial charge in [0.2, 0.25) is 5.91 Å². The fraction of sp³-hybridized carbons (Fsp3) is 0.846. The van der Waals surface area contributed by atoms with Gasteiger partial charge in [-0.05, 0) is 33.1 Å². The second kappa shape index (κ2) is 5.16. The van der Waals surface area contributed by atoms with Gasteiger partial charge in [0.25, 0.3) is 0 Å². The van der Waals surface area contributed by atoms with Crippen LogP contribution in [-0.2, 0) is 9.53 Å². The largest absolute Gasteiger partial charge is 0.444 e. The average molecular weight is 256 g/mol. The molecule has 5 nitrogen and oxygen atoms in total. The molecule has 1 saturated heterocycles. The van der Waals surface area contributed by atoms with E-state index in [1.54, 1.807) is 19.0 Å². The van der Waals surface area contributed by atoms with Gasteiger partial charge in [0.15, 0.2) is 0 Å². The molecule has 0 aliphatic carbocycles. The summed E-state index contributed by atoms with van der Waals surface area (Å²) in [4.78, 5) is 27.2. The summed E-state index contributed by atoms with van der Waals surface area (Å²) in [6.45, 7) is 8.10. The summed E-state index contributed by atoms with van der Waals surface area (Å²) in [7, 11) is 3.41. The molecule has 0 aromatic heterocycles. The van der Waals surface area contributed by atoms with Gasteiger partial charge >= 0.3 is 6.09 Å². The number of amides is 2. The lowest BCUT2D eigenvalue weighted by Gasteiger charge is -2.29. The molecule has 0 aromatic rings. The van der Waals surface area contributed by atoms with Crippen LogP contribution in [0.1, 0.15) is 34.1 Å². The molecule has 1 heterocycles. The predicted octanol–water partition coefficient (Wildman–Crippen LogP) is 1.72. The topological polar surface area (TPSA) is 49.9 Å². The van der Waals surface area contributed by atoms with Crippen LogP contribution in [-0.4, -0.2) is 54.1 Å². The third-order valence-electron chi connectivity index (χ3n) is 2.86. The number of likely N-dealkylation sites (tertiary alicyclic amines) is 1. The lowest BCUT2D eigenvalue weighted by atomic mass is 10.1. The molecule has 0 bridgehead atoms. The van der Waals surface area contributed by atoms with Crippen LogP contribution in [0, 0.1) is 5.92 Å². The number of likely N-dealkylation sites (N-methyl/N-ethyl adjacent to an activating group) is 1. The van der Waals surface area contributed by atoms with Crippen LogP contribution in [0.5, 0.6) is 0 Å². The van der Waals surface area contributed by atoms with Crippen molar-refractivity contribution >= 4 is 12.0 Å². The van der Waals surface area contributed by atoms with Gasteiger partial charge in [-0.15, -0.1) is 0 Å². The van der Waals surface area contributed by atoms with Crippen LogP contribution in [0.15, 0.2) is 0 Å². The molecule has 0 spiro atoms. The third-order valence-corrected chi connectivity index (χ3v) is 2.86. The highest BCUT2D eigenvalue weighted by Crippen LogP contribution is 2.26. The van der Waals surface area contributed by atoms with Crippen molar-refractivity contribution in [3.05, 3.63) is 0 Å². The van der Waals surface area contributed by atoms with Gasteiger partial charge in [-0.2, -0.15) is 0 Å². The number of nitrogens with zero attached hydrogens (tertiary/aromatic N) is 2. The molecule has 2 atom stereocenters. The smallest absolute Gasteiger partial charge is 0.410 e. The van der Waals surface area contributed by atoms with E-state index in [0.717, 1.165) is 0 Å². The first-order valence-corrected chi connectivity index (χ1v) is 6.32. The third kappa shape index (κ3) is 3.62. The average Bonchev–Trinajstić information content (AvgIpc) is 2.56. The van der Waals surface area contributed by atoms with Crippen molar-refractivity contribution in [1.29, 1.82) is 0 Å². The minimum Gasteiger partial charge on any atom is -0.444 e. The summed E-state index contributed by atoms with van der Waals surface area (Å²) in [6.07, 6.45) is 0.308. The molecule has 1 fully saturated rings. The van der Waals surface area contributed by atoms with Crippen molar-refractivity contribution in [3.63, 3.8) is 0 Å². The Kier molecular flexibility index (Phi) is 4.24. The molecule has 0 saturated carbocycles. The summed E-state index contributed by atoms with van der Waals surface area (Å²) in [6, 6.07) is -0.384. The lowest BCUT2D eigenvalue weighted by Crippen LogP contribution is -2.47. The Morgan fingerprint density at radius 1 is 1.28 bits per heavy atom. The fourth-order valence-corrected chi connectivity index (χ4v) is 2.10. The standard InChI is InChI=1S/C13H24N2O3/c1-9-7-10(11(16)14(5)6)15(8-9)12(17)18-13(2,3)4/h9-10H,7-8H2,1-6H3/t9-,10?/m0/s1. The molecule has 18 heavy (non-hydrogen) atoms. The molecule has 1 aliphatic heterocycles. The molecule has 0 N–H and O–H groups in total. The van der Waals surface area contributed by atoms with E-state index in [9.17, 15) is 9.59 Å². The van der Waals surface area contributed by atoms with Crippen LogP contribution in [0.25, 0.3) is 0 Å². The van der Waals surface area contributed by atoms with Crippen LogP contribution in [0.4, 0.5) is 4.79 Å². The van der Waals surface area contributed by atoms with Gasteiger partial charge in [-0.25, -0.2) is 4.79 Å². The second-order valence-corrected chi connectivity index (χ2v) is 6.22. The Morgan fingerprint density at radius 2 is 1.83 bits per heavy atom. The molecule has 0 radical (unpaired) electrons. The number of hydrogen-bond acceptors (Lipinski definition) is 3. The molecule has 2 amide bonds. The molecule has 104 valence electrons. The minimum atomic E-state index is -0.533. The number of carbonyl (C=O) groups excluding carboxylic acids is 2. The van der Waals surface area contributed by atoms with Crippen molar-refractivity contribution in [1.82, 2.24) is 9.80 Å². The quantitative estimate of drug-likeness (QED) is 0.717. The monoisotopic (exact) mass is 256 g/mol. The first-order chi connectivity index (χ1) is 8.11. The van der Waals surface area contributed by atoms with E-state index in [4.69, 9.17) is 4.74 Å². The number of ether oxygens (including phenoxy) is 1. The zero-order chi connectivity index (χ0) is 14.1. The predicted molar refractivity (Wildman–Crippen MR) is 69.2 cm³/mol. The van der Waals surface area contributed by atoms with E-state index >= 15 is 0 Å². The lowest BCUT2D eigenvalue weighted by molar-refractivity contribution is -0.133. The van der Waals surface area contributed by atoms with E-state index in [1.165, 1.54) is 4.90 Å². The molecule has 1 unspecified atom stereocenters. The zero-order valence-electron chi connectivity index (χ0n) is 12.2. The molecule has 1 rings (SSSR count). The number of carbonyl (C=O) groups is 2. The van der Waals surface area contributed by atoms with Crippen LogP contribution >= 0.6 is 0 Å². The van der Waals surface area contributed by atoms with Gasteiger partial charge < -0.3 is 9.64 Å². The van der Waals surface area contributed by atoms with Crippen molar-refractivity contribution in [2.24, 2.45) is 5.92 Å². The summed E-state index contributed by atoms with van der Waals surface area (Å²) >= 11 is 0. The van der Waals surface area contributed by atoms with Gasteiger partial charge in [-0.3, -0.25) is 9.69 Å². The SMILES string of the molecule is C[C@H]1CC(C(=O)N(C)C)N(C(=O)OC(C)(C)C)C1. The van der Waals surface area contributed by atoms with E-state index in [0.29, 0.717) is 18.9 Å². The van der Waals surface area contributed by atoms with Crippen molar-refractivity contribution in [2.75, 3.05) is 20.6 Å². The van der Waals surface area contributed by atoms with Crippen LogP contribution in [0.3, 0.4) is 0 Å². The second-order valence-electron chi connectivity index (χ2n) is 6.22. The van der Waals surface area contributed by atoms with E-state index in [-0.39, 0.29) is 11.9 Å². The highest BCUT2D eigenvalue weighted by atomic mass is 16.6. The van der Waals surface area contributed by atoms with E-state index in [1.807, 2.05) is 27.7 Å². The summed E-state index contributed by atoms with van der Waals surface area (Å²) < 4.78 is 5.35. The molecule has 5 heteroatoms. The van der Waals surface area contributed by atoms with Crippen molar-refractivity contribution in [3.8, 4) is 0 Å². The summed E-state index contributed by atoms with van der Waals surface area (Å²) in [5.74, 6) is 0.289. The molecular weight excluding hydrogens is 232 g/mol. The Balaban J connectivity index is 2.79. The highest BCUT2D eigenvalue weighted by molar-refractivity contribution is 5.86. The molecule has 0 aromatic carbocycles. The maximum Gasteiger partial charge on any atom is 0.410 e. The first kappa shape index (κ1) is 14.8. The van der Waals surface area contributed by atoms with E-state index in [2.05, 4.69) is 0 Å². The minimum absolute atomic E-state index is 0.0368. The van der Waals surface area contributed by atoms with Crippen LogP contribution < -0.4 is 0 Å². The van der Waals surface area contributed by atoms with Gasteiger partial charge in [0, 0.05) is 20.6 Å². The van der Waals surface area contributed by atoms with Crippen molar-refractivity contribution in [2.45, 2.75) is 45.8 Å². The van der Waals surface area contributed by atoms with Gasteiger partial charge in [-0.1, -0.05) is 6.92 Å². The van der Waals surface area contributed by atoms with E-state index < -0.39 is 11.7 Å². The Bertz CT molecular complexity index is 334. The molecule has 1 aliphatic rings. The summed E-state index contributed by atoms with van der Waals surface area (Å²) in [5.41, 5.74) is -0.533. The highest BCUT2D eigenvalue weighted by Gasteiger charge is 2.40. The first-order valence-electron chi connectivity index (χ1n) is 6.32. The van der Waals surface area contributed by atoms with Crippen molar-refractivity contribution < 1.29 is 14.3 Å². The number of rotatable bonds is 1. The van der Waals surface area contributed by atoms with Crippen LogP contribution in [0.2, 0.25) is 0 Å². The number of hydrogen-bond donors (Lipinski definition) is 0. The molecular formula is C13H24N2O3. The van der Waals surface area contributed by atoms with Gasteiger partial charge in [0.1, 0.15) is 11.6 Å². The maximum absolute atomic E-state index is 12.1. The Hall–Kier alpha value is -1.26. The Labute approximate surface area is 109 Å². The normalized spacial score (nSPS) is 24.0. The Morgan fingerprint density at radius 3 is 2.28 bits per heavy atom. The maximum atomic E-state index is 12.1. The summed E-state index contributed by atoms with van der Waals surface area (Å²) in [5, 5.41) is 0.